The highest BCUT2D eigenvalue weighted by Crippen LogP contribution is 2.08. The van der Waals surface area contributed by atoms with Crippen LogP contribution in [0.5, 0.6) is 0 Å². The van der Waals surface area contributed by atoms with Crippen molar-refractivity contribution in [3.63, 3.8) is 0 Å². The Kier molecular flexibility index (Phi) is 6.36. The number of rotatable bonds is 0. The van der Waals surface area contributed by atoms with Gasteiger partial charge in [0.25, 0.3) is 0 Å². The lowest BCUT2D eigenvalue weighted by atomic mass is 10.0. The van der Waals surface area contributed by atoms with Crippen LogP contribution in [0.3, 0.4) is 0 Å². The maximum atomic E-state index is 8.15. The Balaban J connectivity index is 0. The van der Waals surface area contributed by atoms with Gasteiger partial charge in [0.1, 0.15) is 0 Å². The zero-order valence-corrected chi connectivity index (χ0v) is 6.37. The molecule has 3 N–H and O–H groups in total. The Morgan fingerprint density at radius 1 is 1.20 bits per heavy atom. The molecule has 0 bridgehead atoms. The smallest absolute Gasteiger partial charge is 0.402 e. The Hall–Kier alpha value is -0.565. The minimum atomic E-state index is -2.17. The second-order valence-corrected chi connectivity index (χ2v) is 2.71. The summed E-state index contributed by atoms with van der Waals surface area (Å²) in [4.78, 5) is 0. The van der Waals surface area contributed by atoms with Crippen molar-refractivity contribution in [2.75, 3.05) is 0 Å². The second kappa shape index (κ2) is 5.24. The third-order valence-corrected chi connectivity index (χ3v) is 0.335. The van der Waals surface area contributed by atoms with Gasteiger partial charge in [0.05, 0.1) is 6.07 Å². The molecule has 0 aromatic carbocycles. The largest absolute Gasteiger partial charge is 0.631 e. The molecule has 0 saturated carbocycles. The number of nitrogens with zero attached hydrogens (tertiary/aromatic N) is 1. The normalized spacial score (nSPS) is 8.90. The van der Waals surface area contributed by atoms with Gasteiger partial charge in [-0.1, -0.05) is 0 Å². The Morgan fingerprint density at radius 2 is 1.30 bits per heavy atom. The number of nitriles is 1. The molecule has 58 valence electrons. The predicted molar refractivity (Wildman–Crippen MR) is 37.5 cm³/mol. The van der Waals surface area contributed by atoms with Gasteiger partial charge in [-0.2, -0.15) is 5.26 Å². The molecular weight excluding hydrogens is 133 g/mol. The van der Waals surface area contributed by atoms with E-state index in [1.54, 1.807) is 0 Å². The molecule has 0 spiro atoms. The minimum absolute atomic E-state index is 0.153. The Labute approximate surface area is 60.9 Å². The van der Waals surface area contributed by atoms with E-state index in [1.165, 1.54) is 0 Å². The lowest BCUT2D eigenvalue weighted by Gasteiger charge is -2.01. The van der Waals surface area contributed by atoms with Gasteiger partial charge in [-0.05, 0) is 20.8 Å². The fraction of sp³-hybridized carbons (Fsp3) is 0.800. The van der Waals surface area contributed by atoms with Crippen LogP contribution in [0.25, 0.3) is 0 Å². The van der Waals surface area contributed by atoms with Crippen molar-refractivity contribution in [2.24, 2.45) is 5.41 Å². The standard InChI is InChI=1S/C5H9N.BH3O3/c1-5(2,3)4-6;2-1(3)4/h1-3H3;2-4H. The summed E-state index contributed by atoms with van der Waals surface area (Å²) in [5, 5.41) is 29.7. The molecule has 0 aliphatic carbocycles. The maximum Gasteiger partial charge on any atom is 0.631 e. The van der Waals surface area contributed by atoms with Crippen molar-refractivity contribution in [3.05, 3.63) is 0 Å². The van der Waals surface area contributed by atoms with Gasteiger partial charge in [-0.15, -0.1) is 0 Å². The molecule has 0 aromatic heterocycles. The van der Waals surface area contributed by atoms with Gasteiger partial charge in [-0.25, -0.2) is 0 Å². The summed E-state index contributed by atoms with van der Waals surface area (Å²) in [5.41, 5.74) is -0.153. The predicted octanol–water partition coefficient (Wildman–Crippen LogP) is -0.496. The van der Waals surface area contributed by atoms with Crippen molar-refractivity contribution >= 4 is 7.32 Å². The fourth-order valence-corrected chi connectivity index (χ4v) is 0. The molecule has 0 atom stereocenters. The maximum absolute atomic E-state index is 8.15. The Morgan fingerprint density at radius 3 is 1.30 bits per heavy atom. The van der Waals surface area contributed by atoms with Gasteiger partial charge in [0, 0.05) is 5.41 Å². The summed E-state index contributed by atoms with van der Waals surface area (Å²) >= 11 is 0. The summed E-state index contributed by atoms with van der Waals surface area (Å²) in [6, 6.07) is 2.10. The minimum Gasteiger partial charge on any atom is -0.402 e. The van der Waals surface area contributed by atoms with Crippen LogP contribution in [0.1, 0.15) is 20.8 Å². The molecule has 0 aromatic rings. The van der Waals surface area contributed by atoms with E-state index in [1.807, 2.05) is 20.8 Å². The molecule has 0 saturated heterocycles. The first-order valence-corrected chi connectivity index (χ1v) is 2.75. The van der Waals surface area contributed by atoms with E-state index in [2.05, 4.69) is 6.07 Å². The van der Waals surface area contributed by atoms with E-state index >= 15 is 0 Å². The van der Waals surface area contributed by atoms with Gasteiger partial charge in [0.15, 0.2) is 0 Å². The lowest BCUT2D eigenvalue weighted by molar-refractivity contribution is 0.278. The molecule has 0 rings (SSSR count). The van der Waals surface area contributed by atoms with Crippen LogP contribution < -0.4 is 0 Å². The summed E-state index contributed by atoms with van der Waals surface area (Å²) in [7, 11) is -2.17. The molecular formula is C5H12BNO3. The third-order valence-electron chi connectivity index (χ3n) is 0.335. The molecule has 0 aliphatic heterocycles. The van der Waals surface area contributed by atoms with E-state index in [4.69, 9.17) is 20.3 Å². The quantitative estimate of drug-likeness (QED) is 0.401. The van der Waals surface area contributed by atoms with Crippen molar-refractivity contribution in [1.82, 2.24) is 0 Å². The fourth-order valence-electron chi connectivity index (χ4n) is 0. The van der Waals surface area contributed by atoms with Gasteiger partial charge in [-0.3, -0.25) is 0 Å². The molecule has 0 aliphatic rings. The molecule has 4 nitrogen and oxygen atoms in total. The highest BCUT2D eigenvalue weighted by molar-refractivity contribution is 6.30. The highest BCUT2D eigenvalue weighted by Gasteiger charge is 2.04. The average molecular weight is 145 g/mol. The second-order valence-electron chi connectivity index (χ2n) is 2.71. The zero-order chi connectivity index (χ0) is 8.78. The van der Waals surface area contributed by atoms with Gasteiger partial charge in [0.2, 0.25) is 0 Å². The molecule has 0 radical (unpaired) electrons. The SMILES string of the molecule is CC(C)(C)C#N.OB(O)O. The van der Waals surface area contributed by atoms with E-state index in [9.17, 15) is 0 Å². The third kappa shape index (κ3) is 51.9. The van der Waals surface area contributed by atoms with E-state index < -0.39 is 7.32 Å². The van der Waals surface area contributed by atoms with E-state index in [-0.39, 0.29) is 5.41 Å². The van der Waals surface area contributed by atoms with Crippen molar-refractivity contribution in [1.29, 1.82) is 5.26 Å². The van der Waals surface area contributed by atoms with Gasteiger partial charge >= 0.3 is 7.32 Å². The van der Waals surface area contributed by atoms with Crippen LogP contribution in [0.15, 0.2) is 0 Å². The zero-order valence-electron chi connectivity index (χ0n) is 6.37. The topological polar surface area (TPSA) is 84.5 Å². The van der Waals surface area contributed by atoms with Crippen LogP contribution in [-0.4, -0.2) is 22.4 Å². The highest BCUT2D eigenvalue weighted by atomic mass is 16.5. The van der Waals surface area contributed by atoms with Crippen LogP contribution in [0.4, 0.5) is 0 Å². The summed E-state index contributed by atoms with van der Waals surface area (Å²) in [6.45, 7) is 5.65. The first-order valence-electron chi connectivity index (χ1n) is 2.75. The van der Waals surface area contributed by atoms with Crippen molar-refractivity contribution in [2.45, 2.75) is 20.8 Å². The molecule has 0 heterocycles. The molecule has 5 heteroatoms. The van der Waals surface area contributed by atoms with Crippen LogP contribution in [-0.2, 0) is 0 Å². The molecule has 0 amide bonds. The van der Waals surface area contributed by atoms with Crippen LogP contribution >= 0.6 is 0 Å². The van der Waals surface area contributed by atoms with Crippen molar-refractivity contribution in [3.8, 4) is 6.07 Å². The lowest BCUT2D eigenvalue weighted by Crippen LogP contribution is -2.07. The Bertz CT molecular complexity index is 110. The monoisotopic (exact) mass is 145 g/mol. The van der Waals surface area contributed by atoms with Crippen LogP contribution in [0, 0.1) is 16.7 Å². The first-order chi connectivity index (χ1) is 4.29. The molecule has 0 fully saturated rings. The van der Waals surface area contributed by atoms with Gasteiger partial charge < -0.3 is 15.1 Å². The summed E-state index contributed by atoms with van der Waals surface area (Å²) < 4.78 is 0. The average Bonchev–Trinajstić information content (AvgIpc) is 1.63. The number of hydrogen-bond acceptors (Lipinski definition) is 4. The summed E-state index contributed by atoms with van der Waals surface area (Å²) in [6.07, 6.45) is 0. The molecule has 0 unspecified atom stereocenters. The molecule has 10 heavy (non-hydrogen) atoms. The number of hydrogen-bond donors (Lipinski definition) is 3. The van der Waals surface area contributed by atoms with E-state index in [0.717, 1.165) is 0 Å². The van der Waals surface area contributed by atoms with Crippen LogP contribution in [0.2, 0.25) is 0 Å². The van der Waals surface area contributed by atoms with Crippen molar-refractivity contribution < 1.29 is 15.1 Å². The summed E-state index contributed by atoms with van der Waals surface area (Å²) in [5.74, 6) is 0. The van der Waals surface area contributed by atoms with E-state index in [0.29, 0.717) is 0 Å². The first kappa shape index (κ1) is 12.1.